The van der Waals surface area contributed by atoms with Crippen molar-refractivity contribution in [1.29, 1.82) is 0 Å². The van der Waals surface area contributed by atoms with Gasteiger partial charge in [-0.3, -0.25) is 4.79 Å². The highest BCUT2D eigenvalue weighted by Crippen LogP contribution is 2.12. The third kappa shape index (κ3) is 3.12. The van der Waals surface area contributed by atoms with Gasteiger partial charge in [-0.2, -0.15) is 0 Å². The van der Waals surface area contributed by atoms with Crippen molar-refractivity contribution in [3.05, 3.63) is 23.0 Å². The minimum Gasteiger partial charge on any atom is -0.481 e. The maximum Gasteiger partial charge on any atom is 0.352 e. The normalized spacial score (nSPS) is 10.2. The molecule has 1 rings (SSSR count). The van der Waals surface area contributed by atoms with Gasteiger partial charge in [0.2, 0.25) is 0 Å². The molecule has 0 aliphatic rings. The molecule has 0 amide bonds. The molecule has 5 heteroatoms. The summed E-state index contributed by atoms with van der Waals surface area (Å²) >= 11 is 0. The van der Waals surface area contributed by atoms with Crippen LogP contribution in [-0.2, 0) is 11.2 Å². The Kier molecular flexibility index (Phi) is 3.49. The van der Waals surface area contributed by atoms with E-state index in [0.717, 1.165) is 11.3 Å². The van der Waals surface area contributed by atoms with Crippen molar-refractivity contribution in [2.45, 2.75) is 26.2 Å². The molecule has 0 fully saturated rings. The van der Waals surface area contributed by atoms with Crippen LogP contribution in [0, 0.1) is 6.92 Å². The highest BCUT2D eigenvalue weighted by Gasteiger charge is 2.09. The molecule has 0 aromatic carbocycles. The van der Waals surface area contributed by atoms with Gasteiger partial charge < -0.3 is 15.2 Å². The number of nitrogens with one attached hydrogen (secondary N) is 1. The molecule has 0 bridgehead atoms. The molecule has 0 atom stereocenters. The zero-order valence-corrected chi connectivity index (χ0v) is 8.41. The van der Waals surface area contributed by atoms with Gasteiger partial charge >= 0.3 is 11.9 Å². The number of H-pyrrole nitrogens is 1. The molecule has 0 aliphatic carbocycles. The Balaban J connectivity index is 2.61. The number of hydrogen-bond donors (Lipinski definition) is 3. The molecule has 1 heterocycles. The number of aromatic carboxylic acids is 1. The van der Waals surface area contributed by atoms with E-state index in [4.69, 9.17) is 10.2 Å². The van der Waals surface area contributed by atoms with Crippen LogP contribution in [0.1, 0.15) is 34.6 Å². The predicted molar refractivity (Wildman–Crippen MR) is 53.1 cm³/mol. The van der Waals surface area contributed by atoms with Crippen LogP contribution in [0.5, 0.6) is 0 Å². The minimum absolute atomic E-state index is 0.0981. The number of carboxylic acid groups (broad SMARTS) is 2. The lowest BCUT2D eigenvalue weighted by molar-refractivity contribution is -0.137. The largest absolute Gasteiger partial charge is 0.481 e. The summed E-state index contributed by atoms with van der Waals surface area (Å²) in [6.45, 7) is 1.80. The summed E-state index contributed by atoms with van der Waals surface area (Å²) in [5.74, 6) is -1.83. The van der Waals surface area contributed by atoms with E-state index in [1.165, 1.54) is 0 Å². The van der Waals surface area contributed by atoms with Crippen LogP contribution < -0.4 is 0 Å². The molecular formula is C10H13NO4. The Morgan fingerprint density at radius 1 is 1.40 bits per heavy atom. The van der Waals surface area contributed by atoms with Crippen molar-refractivity contribution < 1.29 is 19.8 Å². The van der Waals surface area contributed by atoms with E-state index >= 15 is 0 Å². The molecule has 3 N–H and O–H groups in total. The van der Waals surface area contributed by atoms with Crippen LogP contribution in [0.15, 0.2) is 6.07 Å². The molecule has 0 aliphatic heterocycles. The lowest BCUT2D eigenvalue weighted by atomic mass is 10.1. The van der Waals surface area contributed by atoms with E-state index in [1.807, 2.05) is 0 Å². The average Bonchev–Trinajstić information content (AvgIpc) is 2.47. The number of hydrogen-bond acceptors (Lipinski definition) is 2. The number of aryl methyl sites for hydroxylation is 2. The first-order chi connectivity index (χ1) is 7.00. The Bertz CT molecular complexity index is 381. The molecule has 0 spiro atoms. The molecule has 0 saturated heterocycles. The number of carbonyl (C=O) groups is 2. The van der Waals surface area contributed by atoms with Crippen LogP contribution in [0.2, 0.25) is 0 Å². The molecule has 0 saturated carbocycles. The van der Waals surface area contributed by atoms with Crippen molar-refractivity contribution in [3.8, 4) is 0 Å². The van der Waals surface area contributed by atoms with Crippen LogP contribution in [0.4, 0.5) is 0 Å². The number of aliphatic carboxylic acids is 1. The third-order valence-corrected chi connectivity index (χ3v) is 2.17. The van der Waals surface area contributed by atoms with Gasteiger partial charge in [0, 0.05) is 12.1 Å². The third-order valence-electron chi connectivity index (χ3n) is 2.17. The fraction of sp³-hybridized carbons (Fsp3) is 0.400. The highest BCUT2D eigenvalue weighted by atomic mass is 16.4. The van der Waals surface area contributed by atoms with Crippen molar-refractivity contribution in [2.75, 3.05) is 0 Å². The Morgan fingerprint density at radius 3 is 2.53 bits per heavy atom. The van der Waals surface area contributed by atoms with Crippen LogP contribution in [0.25, 0.3) is 0 Å². The van der Waals surface area contributed by atoms with Gasteiger partial charge in [0.15, 0.2) is 0 Å². The molecule has 1 aromatic rings. The van der Waals surface area contributed by atoms with E-state index in [0.29, 0.717) is 12.8 Å². The minimum atomic E-state index is -0.998. The molecule has 1 aromatic heterocycles. The van der Waals surface area contributed by atoms with E-state index in [-0.39, 0.29) is 12.1 Å². The standard InChI is InChI=1S/C10H13NO4/c1-6-5-8(10(14)15)11-7(6)3-2-4-9(12)13/h5,11H,2-4H2,1H3,(H,12,13)(H,14,15). The molecule has 82 valence electrons. The second kappa shape index (κ2) is 4.63. The topological polar surface area (TPSA) is 90.4 Å². The first-order valence-electron chi connectivity index (χ1n) is 4.64. The van der Waals surface area contributed by atoms with E-state index < -0.39 is 11.9 Å². The van der Waals surface area contributed by atoms with Crippen molar-refractivity contribution in [3.63, 3.8) is 0 Å². The summed E-state index contributed by atoms with van der Waals surface area (Å²) in [5.41, 5.74) is 1.81. The lowest BCUT2D eigenvalue weighted by Gasteiger charge is -1.97. The molecular weight excluding hydrogens is 198 g/mol. The van der Waals surface area contributed by atoms with Gasteiger partial charge in [-0.15, -0.1) is 0 Å². The second-order valence-electron chi connectivity index (χ2n) is 3.40. The van der Waals surface area contributed by atoms with Crippen molar-refractivity contribution in [1.82, 2.24) is 4.98 Å². The van der Waals surface area contributed by atoms with Crippen molar-refractivity contribution in [2.24, 2.45) is 0 Å². The first-order valence-corrected chi connectivity index (χ1v) is 4.64. The molecule has 0 radical (unpaired) electrons. The number of carboxylic acids is 2. The zero-order valence-electron chi connectivity index (χ0n) is 8.41. The maximum absolute atomic E-state index is 10.6. The fourth-order valence-corrected chi connectivity index (χ4v) is 1.39. The lowest BCUT2D eigenvalue weighted by Crippen LogP contribution is -1.98. The molecule has 0 unspecified atom stereocenters. The summed E-state index contributed by atoms with van der Waals surface area (Å²) in [6, 6.07) is 1.55. The quantitative estimate of drug-likeness (QED) is 0.687. The van der Waals surface area contributed by atoms with Gasteiger partial charge in [0.1, 0.15) is 5.69 Å². The van der Waals surface area contributed by atoms with Gasteiger partial charge in [-0.25, -0.2) is 4.79 Å². The van der Waals surface area contributed by atoms with Crippen molar-refractivity contribution >= 4 is 11.9 Å². The SMILES string of the molecule is Cc1cc(C(=O)O)[nH]c1CCCC(=O)O. The van der Waals surface area contributed by atoms with Gasteiger partial charge in [0.05, 0.1) is 0 Å². The highest BCUT2D eigenvalue weighted by molar-refractivity contribution is 5.86. The number of aromatic amines is 1. The van der Waals surface area contributed by atoms with Gasteiger partial charge in [-0.05, 0) is 31.4 Å². The Hall–Kier alpha value is -1.78. The number of aromatic nitrogens is 1. The van der Waals surface area contributed by atoms with E-state index in [2.05, 4.69) is 4.98 Å². The Labute approximate surface area is 86.7 Å². The summed E-state index contributed by atoms with van der Waals surface area (Å²) in [7, 11) is 0. The van der Waals surface area contributed by atoms with E-state index in [9.17, 15) is 9.59 Å². The summed E-state index contributed by atoms with van der Waals surface area (Å²) in [6.07, 6.45) is 1.17. The molecule has 5 nitrogen and oxygen atoms in total. The van der Waals surface area contributed by atoms with Crippen LogP contribution in [0.3, 0.4) is 0 Å². The van der Waals surface area contributed by atoms with E-state index in [1.54, 1.807) is 13.0 Å². The van der Waals surface area contributed by atoms with Crippen LogP contribution >= 0.6 is 0 Å². The number of rotatable bonds is 5. The average molecular weight is 211 g/mol. The molecule has 15 heavy (non-hydrogen) atoms. The maximum atomic E-state index is 10.6. The van der Waals surface area contributed by atoms with Crippen LogP contribution in [-0.4, -0.2) is 27.1 Å². The monoisotopic (exact) mass is 211 g/mol. The fourth-order valence-electron chi connectivity index (χ4n) is 1.39. The zero-order chi connectivity index (χ0) is 11.4. The smallest absolute Gasteiger partial charge is 0.352 e. The summed E-state index contributed by atoms with van der Waals surface area (Å²) in [4.78, 5) is 23.7. The predicted octanol–water partition coefficient (Wildman–Crippen LogP) is 1.43. The summed E-state index contributed by atoms with van der Waals surface area (Å²) in [5, 5.41) is 17.2. The second-order valence-corrected chi connectivity index (χ2v) is 3.40. The Morgan fingerprint density at radius 2 is 2.07 bits per heavy atom. The van der Waals surface area contributed by atoms with Gasteiger partial charge in [0.25, 0.3) is 0 Å². The first kappa shape index (κ1) is 11.3. The summed E-state index contributed by atoms with van der Waals surface area (Å²) < 4.78 is 0. The van der Waals surface area contributed by atoms with Gasteiger partial charge in [-0.1, -0.05) is 0 Å².